The molecule has 1 heterocycles. The maximum absolute atomic E-state index is 5.88. The largest absolute Gasteiger partial charge is 0.361 e. The SMILES string of the molecule is C#CCCc1c[nH]c2cc(Cl)ccc12. The van der Waals surface area contributed by atoms with Crippen molar-refractivity contribution in [3.63, 3.8) is 0 Å². The highest BCUT2D eigenvalue weighted by Crippen LogP contribution is 2.22. The van der Waals surface area contributed by atoms with Gasteiger partial charge in [-0.15, -0.1) is 12.3 Å². The summed E-state index contributed by atoms with van der Waals surface area (Å²) in [6.07, 6.45) is 8.92. The van der Waals surface area contributed by atoms with Gasteiger partial charge in [-0.2, -0.15) is 0 Å². The molecule has 0 radical (unpaired) electrons. The number of aromatic nitrogens is 1. The van der Waals surface area contributed by atoms with Crippen LogP contribution in [-0.2, 0) is 6.42 Å². The van der Waals surface area contributed by atoms with Crippen LogP contribution >= 0.6 is 11.6 Å². The summed E-state index contributed by atoms with van der Waals surface area (Å²) < 4.78 is 0. The monoisotopic (exact) mass is 203 g/mol. The first-order valence-corrected chi connectivity index (χ1v) is 4.88. The number of hydrogen-bond donors (Lipinski definition) is 1. The molecule has 2 heteroatoms. The third-order valence-electron chi connectivity index (χ3n) is 2.27. The number of benzene rings is 1. The molecule has 1 N–H and O–H groups in total. The van der Waals surface area contributed by atoms with Crippen LogP contribution in [0.1, 0.15) is 12.0 Å². The molecule has 0 aliphatic carbocycles. The highest BCUT2D eigenvalue weighted by Gasteiger charge is 2.02. The van der Waals surface area contributed by atoms with E-state index in [0.717, 1.165) is 23.4 Å². The molecule has 2 aromatic rings. The zero-order valence-corrected chi connectivity index (χ0v) is 8.43. The lowest BCUT2D eigenvalue weighted by Crippen LogP contribution is -1.79. The van der Waals surface area contributed by atoms with Crippen molar-refractivity contribution in [3.05, 3.63) is 35.0 Å². The molecule has 0 atom stereocenters. The summed E-state index contributed by atoms with van der Waals surface area (Å²) in [6, 6.07) is 5.85. The molecule has 0 bridgehead atoms. The normalized spacial score (nSPS) is 10.3. The first-order valence-electron chi connectivity index (χ1n) is 4.50. The molecule has 0 saturated carbocycles. The molecule has 0 fully saturated rings. The second-order valence-corrected chi connectivity index (χ2v) is 3.64. The van der Waals surface area contributed by atoms with E-state index in [1.54, 1.807) is 0 Å². The van der Waals surface area contributed by atoms with Crippen LogP contribution in [0.4, 0.5) is 0 Å². The molecule has 0 aliphatic rings. The van der Waals surface area contributed by atoms with E-state index in [1.807, 2.05) is 24.4 Å². The summed E-state index contributed by atoms with van der Waals surface area (Å²) in [5, 5.41) is 1.97. The summed E-state index contributed by atoms with van der Waals surface area (Å²) in [6.45, 7) is 0. The number of rotatable bonds is 2. The van der Waals surface area contributed by atoms with E-state index in [0.29, 0.717) is 0 Å². The minimum Gasteiger partial charge on any atom is -0.361 e. The summed E-state index contributed by atoms with van der Waals surface area (Å²) in [7, 11) is 0. The van der Waals surface area contributed by atoms with Crippen molar-refractivity contribution in [2.24, 2.45) is 0 Å². The lowest BCUT2D eigenvalue weighted by Gasteiger charge is -1.95. The van der Waals surface area contributed by atoms with E-state index in [1.165, 1.54) is 10.9 Å². The van der Waals surface area contributed by atoms with Crippen molar-refractivity contribution in [1.82, 2.24) is 4.98 Å². The Hall–Kier alpha value is -1.39. The molecule has 0 spiro atoms. The summed E-state index contributed by atoms with van der Waals surface area (Å²) >= 11 is 5.88. The van der Waals surface area contributed by atoms with Crippen LogP contribution in [0.5, 0.6) is 0 Å². The molecule has 70 valence electrons. The van der Waals surface area contributed by atoms with Gasteiger partial charge in [-0.1, -0.05) is 17.7 Å². The Kier molecular flexibility index (Phi) is 2.47. The third-order valence-corrected chi connectivity index (χ3v) is 2.50. The van der Waals surface area contributed by atoms with Crippen LogP contribution in [0.2, 0.25) is 5.02 Å². The van der Waals surface area contributed by atoms with E-state index >= 15 is 0 Å². The van der Waals surface area contributed by atoms with Gasteiger partial charge in [0.1, 0.15) is 0 Å². The maximum atomic E-state index is 5.88. The van der Waals surface area contributed by atoms with Crippen LogP contribution in [0.15, 0.2) is 24.4 Å². The summed E-state index contributed by atoms with van der Waals surface area (Å²) in [5.74, 6) is 2.64. The summed E-state index contributed by atoms with van der Waals surface area (Å²) in [5.41, 5.74) is 2.33. The molecule has 1 aromatic heterocycles. The zero-order valence-electron chi connectivity index (χ0n) is 7.68. The Morgan fingerprint density at radius 2 is 2.29 bits per heavy atom. The molecule has 0 amide bonds. The Morgan fingerprint density at radius 3 is 3.07 bits per heavy atom. The molecule has 1 nitrogen and oxygen atoms in total. The van der Waals surface area contributed by atoms with Crippen LogP contribution < -0.4 is 0 Å². The van der Waals surface area contributed by atoms with Crippen LogP contribution in [-0.4, -0.2) is 4.98 Å². The Balaban J connectivity index is 2.43. The smallest absolute Gasteiger partial charge is 0.0471 e. The second-order valence-electron chi connectivity index (χ2n) is 3.21. The molecule has 0 aliphatic heterocycles. The molecule has 1 aromatic carbocycles. The number of terminal acetylenes is 1. The Bertz CT molecular complexity index is 490. The van der Waals surface area contributed by atoms with Crippen molar-refractivity contribution < 1.29 is 0 Å². The highest BCUT2D eigenvalue weighted by atomic mass is 35.5. The predicted molar refractivity (Wildman–Crippen MR) is 60.5 cm³/mol. The molecule has 14 heavy (non-hydrogen) atoms. The van der Waals surface area contributed by atoms with Gasteiger partial charge in [-0.05, 0) is 24.1 Å². The van der Waals surface area contributed by atoms with Gasteiger partial charge in [-0.25, -0.2) is 0 Å². The van der Waals surface area contributed by atoms with Crippen LogP contribution in [0.3, 0.4) is 0 Å². The topological polar surface area (TPSA) is 15.8 Å². The lowest BCUT2D eigenvalue weighted by atomic mass is 10.1. The van der Waals surface area contributed by atoms with E-state index in [4.69, 9.17) is 18.0 Å². The lowest BCUT2D eigenvalue weighted by molar-refractivity contribution is 1.04. The van der Waals surface area contributed by atoms with Gasteiger partial charge < -0.3 is 4.98 Å². The Morgan fingerprint density at radius 1 is 1.43 bits per heavy atom. The van der Waals surface area contributed by atoms with Crippen molar-refractivity contribution >= 4 is 22.5 Å². The van der Waals surface area contributed by atoms with Gasteiger partial charge in [-0.3, -0.25) is 0 Å². The fourth-order valence-electron chi connectivity index (χ4n) is 1.57. The Labute approximate surface area is 88.1 Å². The maximum Gasteiger partial charge on any atom is 0.0471 e. The fraction of sp³-hybridized carbons (Fsp3) is 0.167. The number of nitrogens with one attached hydrogen (secondary N) is 1. The van der Waals surface area contributed by atoms with Crippen molar-refractivity contribution in [3.8, 4) is 12.3 Å². The minimum absolute atomic E-state index is 0.753. The predicted octanol–water partition coefficient (Wildman–Crippen LogP) is 3.39. The van der Waals surface area contributed by atoms with E-state index in [2.05, 4.69) is 10.9 Å². The number of aromatic amines is 1. The number of aryl methyl sites for hydroxylation is 1. The van der Waals surface area contributed by atoms with Crippen LogP contribution in [0.25, 0.3) is 10.9 Å². The zero-order chi connectivity index (χ0) is 9.97. The minimum atomic E-state index is 0.753. The molecular weight excluding hydrogens is 194 g/mol. The third kappa shape index (κ3) is 1.62. The highest BCUT2D eigenvalue weighted by molar-refractivity contribution is 6.31. The molecular formula is C12H10ClN. The summed E-state index contributed by atoms with van der Waals surface area (Å²) in [4.78, 5) is 3.18. The van der Waals surface area contributed by atoms with E-state index in [-0.39, 0.29) is 0 Å². The standard InChI is InChI=1S/C12H10ClN/c1-2-3-4-9-8-14-12-7-10(13)5-6-11(9)12/h1,5-8,14H,3-4H2. The van der Waals surface area contributed by atoms with Gasteiger partial charge in [0.15, 0.2) is 0 Å². The first kappa shape index (κ1) is 9.18. The van der Waals surface area contributed by atoms with E-state index in [9.17, 15) is 0 Å². The number of halogens is 1. The van der Waals surface area contributed by atoms with Gasteiger partial charge in [0.2, 0.25) is 0 Å². The van der Waals surface area contributed by atoms with Gasteiger partial charge in [0.25, 0.3) is 0 Å². The second kappa shape index (κ2) is 3.77. The van der Waals surface area contributed by atoms with Gasteiger partial charge >= 0.3 is 0 Å². The number of H-pyrrole nitrogens is 1. The van der Waals surface area contributed by atoms with Gasteiger partial charge in [0.05, 0.1) is 0 Å². The van der Waals surface area contributed by atoms with Crippen LogP contribution in [0, 0.1) is 12.3 Å². The van der Waals surface area contributed by atoms with Crippen molar-refractivity contribution in [2.75, 3.05) is 0 Å². The average Bonchev–Trinajstić information content (AvgIpc) is 2.57. The quantitative estimate of drug-likeness (QED) is 0.721. The average molecular weight is 204 g/mol. The molecule has 0 saturated heterocycles. The first-order chi connectivity index (χ1) is 6.81. The van der Waals surface area contributed by atoms with Crippen molar-refractivity contribution in [1.29, 1.82) is 0 Å². The van der Waals surface area contributed by atoms with Gasteiger partial charge in [0, 0.05) is 28.5 Å². The fourth-order valence-corrected chi connectivity index (χ4v) is 1.74. The number of fused-ring (bicyclic) bond motifs is 1. The molecule has 2 rings (SSSR count). The molecule has 0 unspecified atom stereocenters. The van der Waals surface area contributed by atoms with E-state index < -0.39 is 0 Å². The number of hydrogen-bond acceptors (Lipinski definition) is 0. The van der Waals surface area contributed by atoms with Crippen molar-refractivity contribution in [2.45, 2.75) is 12.8 Å².